The van der Waals surface area contributed by atoms with Crippen molar-refractivity contribution in [3.05, 3.63) is 64.1 Å². The van der Waals surface area contributed by atoms with Gasteiger partial charge in [-0.3, -0.25) is 0 Å². The molecule has 0 radical (unpaired) electrons. The molecule has 34 heavy (non-hydrogen) atoms. The van der Waals surface area contributed by atoms with E-state index in [-0.39, 0.29) is 28.2 Å². The third-order valence-corrected chi connectivity index (χ3v) is 5.84. The average molecular weight is 521 g/mol. The van der Waals surface area contributed by atoms with Crippen LogP contribution in [0.15, 0.2) is 34.1 Å². The van der Waals surface area contributed by atoms with E-state index in [2.05, 4.69) is 5.10 Å². The minimum absolute atomic E-state index is 0.0991. The second-order valence-corrected chi connectivity index (χ2v) is 9.48. The maximum absolute atomic E-state index is 14.3. The Bertz CT molecular complexity index is 1210. The van der Waals surface area contributed by atoms with Crippen molar-refractivity contribution in [3.8, 4) is 11.6 Å². The van der Waals surface area contributed by atoms with Gasteiger partial charge in [-0.2, -0.15) is 5.10 Å². The summed E-state index contributed by atoms with van der Waals surface area (Å²) in [7, 11) is 0. The molecule has 0 unspecified atom stereocenters. The standard InChI is InChI=1S/C22H18ClF5N2O3S/c1-10-19(34-20-17(27)15(25)14(24)16(26)18(20)28)21(30(29-10)22(2,3)4)33-13(31)9-32-12-7-5-11(23)6-8-12/h5-8H,9H2,1-4H3. The average Bonchev–Trinajstić information content (AvgIpc) is 3.08. The molecule has 0 atom stereocenters. The third-order valence-electron chi connectivity index (χ3n) is 4.36. The van der Waals surface area contributed by atoms with Crippen LogP contribution < -0.4 is 9.47 Å². The second kappa shape index (κ2) is 9.83. The Hall–Kier alpha value is -2.79. The molecule has 0 aliphatic rings. The number of benzene rings is 2. The molecular weight excluding hydrogens is 503 g/mol. The van der Waals surface area contributed by atoms with E-state index < -0.39 is 52.1 Å². The molecule has 0 amide bonds. The van der Waals surface area contributed by atoms with E-state index in [0.717, 1.165) is 0 Å². The Morgan fingerprint density at radius 3 is 2.03 bits per heavy atom. The number of hydrogen-bond donors (Lipinski definition) is 0. The van der Waals surface area contributed by atoms with E-state index in [4.69, 9.17) is 21.1 Å². The molecule has 2 aromatic carbocycles. The van der Waals surface area contributed by atoms with Crippen molar-refractivity contribution in [2.24, 2.45) is 0 Å². The highest BCUT2D eigenvalue weighted by atomic mass is 35.5. The summed E-state index contributed by atoms with van der Waals surface area (Å²) >= 11 is 6.01. The van der Waals surface area contributed by atoms with Gasteiger partial charge in [-0.1, -0.05) is 23.4 Å². The lowest BCUT2D eigenvalue weighted by Gasteiger charge is -2.22. The minimum Gasteiger partial charge on any atom is -0.482 e. The van der Waals surface area contributed by atoms with Crippen LogP contribution >= 0.6 is 23.4 Å². The number of carbonyl (C=O) groups is 1. The minimum atomic E-state index is -2.27. The monoisotopic (exact) mass is 520 g/mol. The van der Waals surface area contributed by atoms with Crippen LogP contribution in [0.25, 0.3) is 0 Å². The molecule has 0 aliphatic heterocycles. The molecule has 0 aliphatic carbocycles. The second-order valence-electron chi connectivity index (χ2n) is 8.02. The van der Waals surface area contributed by atoms with Crippen LogP contribution in [0.5, 0.6) is 11.6 Å². The molecule has 0 N–H and O–H groups in total. The fourth-order valence-corrected chi connectivity index (χ4v) is 3.83. The molecule has 5 nitrogen and oxygen atoms in total. The fourth-order valence-electron chi connectivity index (χ4n) is 2.74. The predicted molar refractivity (Wildman–Crippen MR) is 115 cm³/mol. The van der Waals surface area contributed by atoms with Gasteiger partial charge in [0, 0.05) is 5.02 Å². The van der Waals surface area contributed by atoms with E-state index in [1.165, 1.54) is 23.7 Å². The summed E-state index contributed by atoms with van der Waals surface area (Å²) < 4.78 is 81.4. The van der Waals surface area contributed by atoms with E-state index >= 15 is 0 Å². The Balaban J connectivity index is 1.96. The Morgan fingerprint density at radius 1 is 0.971 bits per heavy atom. The summed E-state index contributed by atoms with van der Waals surface area (Å²) in [5.74, 6) is -11.2. The highest BCUT2D eigenvalue weighted by molar-refractivity contribution is 7.99. The van der Waals surface area contributed by atoms with Gasteiger partial charge in [-0.15, -0.1) is 0 Å². The molecule has 182 valence electrons. The maximum Gasteiger partial charge on any atom is 0.350 e. The number of hydrogen-bond acceptors (Lipinski definition) is 5. The molecule has 3 rings (SSSR count). The number of aromatic nitrogens is 2. The Labute approximate surface area is 200 Å². The van der Waals surface area contributed by atoms with Crippen LogP contribution in [0.2, 0.25) is 5.02 Å². The number of rotatable bonds is 6. The topological polar surface area (TPSA) is 53.4 Å². The van der Waals surface area contributed by atoms with Crippen LogP contribution in [0.1, 0.15) is 26.5 Å². The molecule has 0 bridgehead atoms. The molecule has 1 aromatic heterocycles. The van der Waals surface area contributed by atoms with Gasteiger partial charge in [-0.05, 0) is 52.0 Å². The zero-order chi connectivity index (χ0) is 25.4. The van der Waals surface area contributed by atoms with Crippen molar-refractivity contribution < 1.29 is 36.2 Å². The van der Waals surface area contributed by atoms with Crippen LogP contribution in [-0.2, 0) is 10.3 Å². The van der Waals surface area contributed by atoms with Gasteiger partial charge in [0.2, 0.25) is 11.7 Å². The summed E-state index contributed by atoms with van der Waals surface area (Å²) in [6.45, 7) is 6.05. The zero-order valence-corrected chi connectivity index (χ0v) is 19.9. The van der Waals surface area contributed by atoms with Crippen molar-refractivity contribution in [2.75, 3.05) is 6.61 Å². The van der Waals surface area contributed by atoms with Crippen LogP contribution in [0.3, 0.4) is 0 Å². The van der Waals surface area contributed by atoms with E-state index in [1.807, 2.05) is 0 Å². The number of carbonyl (C=O) groups excluding carboxylic acids is 1. The van der Waals surface area contributed by atoms with Gasteiger partial charge >= 0.3 is 5.97 Å². The quantitative estimate of drug-likeness (QED) is 0.162. The van der Waals surface area contributed by atoms with Crippen LogP contribution in [-0.4, -0.2) is 22.4 Å². The Kier molecular flexibility index (Phi) is 7.47. The van der Waals surface area contributed by atoms with Crippen LogP contribution in [0, 0.1) is 36.0 Å². The first kappa shape index (κ1) is 25.8. The maximum atomic E-state index is 14.3. The van der Waals surface area contributed by atoms with E-state index in [1.54, 1.807) is 32.9 Å². The lowest BCUT2D eigenvalue weighted by molar-refractivity contribution is -0.137. The molecule has 0 saturated heterocycles. The van der Waals surface area contributed by atoms with Crippen molar-refractivity contribution >= 4 is 29.3 Å². The zero-order valence-electron chi connectivity index (χ0n) is 18.3. The fraction of sp³-hybridized carbons (Fsp3) is 0.273. The lowest BCUT2D eigenvalue weighted by Crippen LogP contribution is -2.27. The lowest BCUT2D eigenvalue weighted by atomic mass is 10.1. The SMILES string of the molecule is Cc1nn(C(C)(C)C)c(OC(=O)COc2ccc(Cl)cc2)c1Sc1c(F)c(F)c(F)c(F)c1F. The first-order valence-corrected chi connectivity index (χ1v) is 10.9. The highest BCUT2D eigenvalue weighted by Crippen LogP contribution is 2.43. The summed E-state index contributed by atoms with van der Waals surface area (Å²) in [6, 6.07) is 6.17. The molecule has 0 spiro atoms. The summed E-state index contributed by atoms with van der Waals surface area (Å²) in [6.07, 6.45) is 0. The summed E-state index contributed by atoms with van der Waals surface area (Å²) in [4.78, 5) is 11.2. The first-order chi connectivity index (χ1) is 15.8. The Morgan fingerprint density at radius 2 is 1.50 bits per heavy atom. The predicted octanol–water partition coefficient (Wildman–Crippen LogP) is 6.43. The largest absolute Gasteiger partial charge is 0.482 e. The van der Waals surface area contributed by atoms with Gasteiger partial charge in [-0.25, -0.2) is 31.4 Å². The number of esters is 1. The van der Waals surface area contributed by atoms with Gasteiger partial charge in [0.25, 0.3) is 0 Å². The van der Waals surface area contributed by atoms with E-state index in [9.17, 15) is 26.7 Å². The number of nitrogens with zero attached hydrogens (tertiary/aromatic N) is 2. The molecule has 1 heterocycles. The molecule has 12 heteroatoms. The van der Waals surface area contributed by atoms with Crippen molar-refractivity contribution in [1.29, 1.82) is 0 Å². The molecule has 3 aromatic rings. The van der Waals surface area contributed by atoms with Gasteiger partial charge in [0.05, 0.1) is 21.0 Å². The molecule has 0 saturated carbocycles. The van der Waals surface area contributed by atoms with Crippen molar-refractivity contribution in [2.45, 2.75) is 43.0 Å². The van der Waals surface area contributed by atoms with Crippen molar-refractivity contribution in [1.82, 2.24) is 9.78 Å². The van der Waals surface area contributed by atoms with E-state index in [0.29, 0.717) is 10.8 Å². The normalized spacial score (nSPS) is 11.6. The first-order valence-electron chi connectivity index (χ1n) is 9.69. The summed E-state index contributed by atoms with van der Waals surface area (Å²) in [5.41, 5.74) is -0.627. The van der Waals surface area contributed by atoms with Crippen LogP contribution in [0.4, 0.5) is 22.0 Å². The highest BCUT2D eigenvalue weighted by Gasteiger charge is 2.32. The number of halogens is 6. The van der Waals surface area contributed by atoms with Gasteiger partial charge < -0.3 is 9.47 Å². The van der Waals surface area contributed by atoms with Crippen molar-refractivity contribution in [3.63, 3.8) is 0 Å². The molecule has 0 fully saturated rings. The third kappa shape index (κ3) is 5.30. The number of aryl methyl sites for hydroxylation is 1. The summed E-state index contributed by atoms with van der Waals surface area (Å²) in [5, 5.41) is 4.70. The van der Waals surface area contributed by atoms with Gasteiger partial charge in [0.1, 0.15) is 5.75 Å². The molecular formula is C22H18ClF5N2O3S. The number of ether oxygens (including phenoxy) is 2. The smallest absolute Gasteiger partial charge is 0.350 e. The van der Waals surface area contributed by atoms with Gasteiger partial charge in [0.15, 0.2) is 29.9 Å².